The number of rotatable bonds is 1. The zero-order valence-electron chi connectivity index (χ0n) is 9.95. The Morgan fingerprint density at radius 2 is 2.16 bits per heavy atom. The van der Waals surface area contributed by atoms with Gasteiger partial charge in [-0.1, -0.05) is 23.7 Å². The van der Waals surface area contributed by atoms with Crippen molar-refractivity contribution in [1.82, 2.24) is 14.6 Å². The number of aromatic amines is 1. The molecule has 0 aliphatic rings. The molecule has 6 heteroatoms. The van der Waals surface area contributed by atoms with Gasteiger partial charge in [-0.2, -0.15) is 4.52 Å². The topological polar surface area (TPSA) is 50.2 Å². The van der Waals surface area contributed by atoms with Crippen LogP contribution in [0.5, 0.6) is 0 Å². The van der Waals surface area contributed by atoms with E-state index in [9.17, 15) is 9.18 Å². The highest BCUT2D eigenvalue weighted by atomic mass is 35.5. The van der Waals surface area contributed by atoms with Crippen molar-refractivity contribution in [2.75, 3.05) is 0 Å². The largest absolute Gasteiger partial charge is 0.291 e. The van der Waals surface area contributed by atoms with E-state index in [1.54, 1.807) is 25.1 Å². The quantitative estimate of drug-likeness (QED) is 0.743. The van der Waals surface area contributed by atoms with E-state index in [2.05, 4.69) is 10.1 Å². The number of aromatic nitrogens is 3. The van der Waals surface area contributed by atoms with Crippen LogP contribution < -0.4 is 5.56 Å². The van der Waals surface area contributed by atoms with Gasteiger partial charge in [-0.25, -0.2) is 9.37 Å². The predicted octanol–water partition coefficient (Wildman–Crippen LogP) is 2.79. The maximum absolute atomic E-state index is 13.2. The monoisotopic (exact) mass is 277 g/mol. The molecule has 3 aromatic rings. The summed E-state index contributed by atoms with van der Waals surface area (Å²) in [5.74, 6) is -0.342. The molecule has 4 nitrogen and oxygen atoms in total. The molecule has 1 N–H and O–H groups in total. The van der Waals surface area contributed by atoms with E-state index >= 15 is 0 Å². The Bertz CT molecular complexity index is 838. The van der Waals surface area contributed by atoms with Gasteiger partial charge in [0.1, 0.15) is 10.8 Å². The molecule has 0 radical (unpaired) electrons. The first-order valence-electron chi connectivity index (χ1n) is 5.60. The molecule has 0 aliphatic carbocycles. The van der Waals surface area contributed by atoms with Gasteiger partial charge in [-0.15, -0.1) is 0 Å². The summed E-state index contributed by atoms with van der Waals surface area (Å²) in [6, 6.07) is 7.76. The minimum Gasteiger partial charge on any atom is -0.289 e. The summed E-state index contributed by atoms with van der Waals surface area (Å²) in [5, 5.41) is 2.94. The summed E-state index contributed by atoms with van der Waals surface area (Å²) in [6.07, 6.45) is 0. The van der Waals surface area contributed by atoms with E-state index in [-0.39, 0.29) is 16.4 Å². The standard InChI is InChI=1S/C13H9ClFN3O/c1-7-12(14)13(19)18-11(16-7)6-10(17-18)8-3-2-4-9(15)5-8/h2-6,17H,1H3. The second kappa shape index (κ2) is 4.20. The fourth-order valence-corrected chi connectivity index (χ4v) is 2.05. The Labute approximate surface area is 112 Å². The number of nitrogens with zero attached hydrogens (tertiary/aromatic N) is 2. The van der Waals surface area contributed by atoms with Gasteiger partial charge in [-0.05, 0) is 19.1 Å². The second-order valence-electron chi connectivity index (χ2n) is 4.19. The SMILES string of the molecule is Cc1nc2cc(-c3cccc(F)c3)[nH]n2c(=O)c1Cl. The number of aryl methyl sites for hydroxylation is 1. The molecule has 1 aromatic carbocycles. The van der Waals surface area contributed by atoms with Crippen molar-refractivity contribution in [3.63, 3.8) is 0 Å². The predicted molar refractivity (Wildman–Crippen MR) is 71.0 cm³/mol. The van der Waals surface area contributed by atoms with Crippen molar-refractivity contribution in [3.8, 4) is 11.3 Å². The number of fused-ring (bicyclic) bond motifs is 1. The summed E-state index contributed by atoms with van der Waals surface area (Å²) in [7, 11) is 0. The van der Waals surface area contributed by atoms with Gasteiger partial charge in [0.05, 0.1) is 11.4 Å². The molecule has 0 fully saturated rings. The van der Waals surface area contributed by atoms with Crippen molar-refractivity contribution in [3.05, 3.63) is 57.2 Å². The van der Waals surface area contributed by atoms with Crippen LogP contribution in [-0.4, -0.2) is 14.6 Å². The molecule has 0 saturated carbocycles. The van der Waals surface area contributed by atoms with Gasteiger partial charge in [0, 0.05) is 11.6 Å². The highest BCUT2D eigenvalue weighted by Crippen LogP contribution is 2.20. The molecule has 0 aliphatic heterocycles. The third kappa shape index (κ3) is 1.92. The van der Waals surface area contributed by atoms with Gasteiger partial charge in [0.25, 0.3) is 5.56 Å². The van der Waals surface area contributed by atoms with Crippen LogP contribution in [0, 0.1) is 12.7 Å². The Balaban J connectivity index is 2.28. The van der Waals surface area contributed by atoms with Crippen LogP contribution >= 0.6 is 11.6 Å². The van der Waals surface area contributed by atoms with Crippen molar-refractivity contribution in [2.24, 2.45) is 0 Å². The Kier molecular flexibility index (Phi) is 2.64. The van der Waals surface area contributed by atoms with Crippen molar-refractivity contribution in [2.45, 2.75) is 6.92 Å². The molecule has 0 atom stereocenters. The van der Waals surface area contributed by atoms with Gasteiger partial charge in [0.15, 0.2) is 5.65 Å². The number of hydrogen-bond donors (Lipinski definition) is 1. The van der Waals surface area contributed by atoms with Crippen LogP contribution in [0.15, 0.2) is 35.1 Å². The average Bonchev–Trinajstić information content (AvgIpc) is 2.80. The molecule has 0 unspecified atom stereocenters. The molecule has 3 rings (SSSR count). The molecule has 2 aromatic heterocycles. The molecule has 0 saturated heterocycles. The molecule has 96 valence electrons. The van der Waals surface area contributed by atoms with E-state index in [1.807, 2.05) is 0 Å². The average molecular weight is 278 g/mol. The lowest BCUT2D eigenvalue weighted by molar-refractivity contribution is 0.628. The van der Waals surface area contributed by atoms with Crippen molar-refractivity contribution in [1.29, 1.82) is 0 Å². The number of nitrogens with one attached hydrogen (secondary N) is 1. The first-order valence-corrected chi connectivity index (χ1v) is 5.98. The van der Waals surface area contributed by atoms with Crippen LogP contribution in [-0.2, 0) is 0 Å². The van der Waals surface area contributed by atoms with Crippen molar-refractivity contribution >= 4 is 17.2 Å². The minimum absolute atomic E-state index is 0.0742. The number of hydrogen-bond acceptors (Lipinski definition) is 2. The van der Waals surface area contributed by atoms with E-state index in [0.29, 0.717) is 22.6 Å². The van der Waals surface area contributed by atoms with E-state index in [4.69, 9.17) is 11.6 Å². The molecule has 19 heavy (non-hydrogen) atoms. The second-order valence-corrected chi connectivity index (χ2v) is 4.57. The first-order chi connectivity index (χ1) is 9.06. The Morgan fingerprint density at radius 3 is 2.89 bits per heavy atom. The highest BCUT2D eigenvalue weighted by molar-refractivity contribution is 6.31. The summed E-state index contributed by atoms with van der Waals surface area (Å²) < 4.78 is 14.4. The van der Waals surface area contributed by atoms with Crippen LogP contribution in [0.4, 0.5) is 4.39 Å². The smallest absolute Gasteiger partial charge is 0.289 e. The van der Waals surface area contributed by atoms with Gasteiger partial charge < -0.3 is 0 Å². The summed E-state index contributed by atoms with van der Waals surface area (Å²) in [4.78, 5) is 16.2. The number of benzene rings is 1. The van der Waals surface area contributed by atoms with Crippen LogP contribution in [0.3, 0.4) is 0 Å². The molecular weight excluding hydrogens is 269 g/mol. The van der Waals surface area contributed by atoms with Crippen LogP contribution in [0.25, 0.3) is 16.9 Å². The Morgan fingerprint density at radius 1 is 1.37 bits per heavy atom. The molecular formula is C13H9ClFN3O. The first kappa shape index (κ1) is 11.9. The minimum atomic E-state index is -0.369. The van der Waals surface area contributed by atoms with Gasteiger partial charge in [0.2, 0.25) is 0 Å². The van der Waals surface area contributed by atoms with E-state index in [1.165, 1.54) is 16.6 Å². The van der Waals surface area contributed by atoms with Crippen LogP contribution in [0.1, 0.15) is 5.69 Å². The lowest BCUT2D eigenvalue weighted by Gasteiger charge is -1.98. The number of halogens is 2. The van der Waals surface area contributed by atoms with Crippen LogP contribution in [0.2, 0.25) is 5.02 Å². The lowest BCUT2D eigenvalue weighted by atomic mass is 10.1. The maximum atomic E-state index is 13.2. The van der Waals surface area contributed by atoms with Gasteiger partial charge >= 0.3 is 0 Å². The third-order valence-corrected chi connectivity index (χ3v) is 3.30. The lowest BCUT2D eigenvalue weighted by Crippen LogP contribution is -2.16. The molecule has 0 spiro atoms. The van der Waals surface area contributed by atoms with E-state index in [0.717, 1.165) is 0 Å². The Hall–Kier alpha value is -2.14. The summed E-state index contributed by atoms with van der Waals surface area (Å²) in [5.41, 5.74) is 1.79. The third-order valence-electron chi connectivity index (χ3n) is 2.86. The fraction of sp³-hybridized carbons (Fsp3) is 0.0769. The molecule has 2 heterocycles. The van der Waals surface area contributed by atoms with Crippen molar-refractivity contribution < 1.29 is 4.39 Å². The number of H-pyrrole nitrogens is 1. The summed E-state index contributed by atoms with van der Waals surface area (Å²) >= 11 is 5.86. The zero-order valence-corrected chi connectivity index (χ0v) is 10.7. The fourth-order valence-electron chi connectivity index (χ4n) is 1.92. The maximum Gasteiger partial charge on any atom is 0.291 e. The zero-order chi connectivity index (χ0) is 13.6. The normalized spacial score (nSPS) is 11.1. The van der Waals surface area contributed by atoms with Gasteiger partial charge in [-0.3, -0.25) is 9.89 Å². The van der Waals surface area contributed by atoms with E-state index < -0.39 is 0 Å². The molecule has 0 bridgehead atoms. The molecule has 0 amide bonds. The highest BCUT2D eigenvalue weighted by Gasteiger charge is 2.11. The summed E-state index contributed by atoms with van der Waals surface area (Å²) in [6.45, 7) is 1.67.